The van der Waals surface area contributed by atoms with Crippen LogP contribution in [0.5, 0.6) is 0 Å². The van der Waals surface area contributed by atoms with E-state index in [1.54, 1.807) is 13.0 Å². The smallest absolute Gasteiger partial charge is 0.726 e. The quantitative estimate of drug-likeness (QED) is 0.226. The van der Waals surface area contributed by atoms with Crippen LogP contribution in [-0.2, 0) is 14.6 Å². The standard InChI is InChI=1S/C28H44O4S.Na/c1-19(2)20(3)9-10-22(5)26-15-16-27-23(8-7-17-28(26,27)6)12-13-24-18-25(14-11-21(24)4)32-33(29,30)31;/h9-10,12-13,19-20,22,25-27H,4,7-8,11,14-18H2,1-3,5-6H3,(H,29,30,31);/q;+1/p-1/b10-9+,23-12+,24-13-;/t20-,22+,25-,26+,27-,28+;/m0./s1/i1D3,2D3;. The van der Waals surface area contributed by atoms with Crippen molar-refractivity contribution in [1.82, 2.24) is 0 Å². The predicted octanol–water partition coefficient (Wildman–Crippen LogP) is 4.13. The summed E-state index contributed by atoms with van der Waals surface area (Å²) in [7, 11) is -4.75. The Bertz CT molecular complexity index is 1100. The molecule has 0 bridgehead atoms. The van der Waals surface area contributed by atoms with Gasteiger partial charge in [-0.15, -0.1) is 0 Å². The maximum absolute atomic E-state index is 11.1. The van der Waals surface area contributed by atoms with Crippen LogP contribution in [0.25, 0.3) is 0 Å². The summed E-state index contributed by atoms with van der Waals surface area (Å²) in [6, 6.07) is 0. The minimum absolute atomic E-state index is 0. The Labute approximate surface area is 239 Å². The molecule has 0 unspecified atom stereocenters. The largest absolute Gasteiger partial charge is 1.00 e. The third-order valence-electron chi connectivity index (χ3n) is 8.34. The third kappa shape index (κ3) is 7.43. The molecule has 0 aromatic rings. The first-order chi connectivity index (χ1) is 17.8. The molecule has 4 nitrogen and oxygen atoms in total. The maximum Gasteiger partial charge on any atom is 1.00 e. The number of rotatable bonds is 7. The van der Waals surface area contributed by atoms with Crippen LogP contribution in [0.2, 0.25) is 0 Å². The van der Waals surface area contributed by atoms with Gasteiger partial charge in [-0.2, -0.15) is 0 Å². The zero-order chi connectivity index (χ0) is 29.4. The van der Waals surface area contributed by atoms with Gasteiger partial charge in [-0.05, 0) is 85.5 Å². The van der Waals surface area contributed by atoms with Crippen LogP contribution in [0.4, 0.5) is 0 Å². The Morgan fingerprint density at radius 2 is 1.91 bits per heavy atom. The number of hydrogen-bond donors (Lipinski definition) is 0. The van der Waals surface area contributed by atoms with Crippen LogP contribution >= 0.6 is 0 Å². The second-order valence-corrected chi connectivity index (χ2v) is 11.6. The van der Waals surface area contributed by atoms with Crippen LogP contribution in [0.3, 0.4) is 0 Å². The minimum Gasteiger partial charge on any atom is -0.726 e. The van der Waals surface area contributed by atoms with Gasteiger partial charge in [-0.1, -0.05) is 76.5 Å². The Kier molecular flexibility index (Phi) is 7.97. The average Bonchev–Trinajstić information content (AvgIpc) is 3.12. The van der Waals surface area contributed by atoms with Crippen molar-refractivity contribution in [3.05, 3.63) is 47.6 Å². The van der Waals surface area contributed by atoms with Gasteiger partial charge in [0.1, 0.15) is 0 Å². The summed E-state index contributed by atoms with van der Waals surface area (Å²) >= 11 is 0. The van der Waals surface area contributed by atoms with Gasteiger partial charge in [-0.25, -0.2) is 8.42 Å². The molecule has 0 heterocycles. The van der Waals surface area contributed by atoms with E-state index >= 15 is 0 Å². The molecule has 3 aliphatic carbocycles. The summed E-state index contributed by atoms with van der Waals surface area (Å²) in [5, 5.41) is 0. The molecule has 0 aliphatic heterocycles. The summed E-state index contributed by atoms with van der Waals surface area (Å²) < 4.78 is 84.4. The first-order valence-corrected chi connectivity index (χ1v) is 13.6. The first kappa shape index (κ1) is 21.9. The van der Waals surface area contributed by atoms with E-state index in [4.69, 9.17) is 12.4 Å². The summed E-state index contributed by atoms with van der Waals surface area (Å²) in [5.74, 6) is -1.01. The van der Waals surface area contributed by atoms with Gasteiger partial charge in [0.05, 0.1) is 6.10 Å². The molecule has 0 radical (unpaired) electrons. The van der Waals surface area contributed by atoms with Gasteiger partial charge in [0.15, 0.2) is 0 Å². The Balaban J connectivity index is 0.00000560. The van der Waals surface area contributed by atoms with E-state index < -0.39 is 42.0 Å². The second-order valence-electron chi connectivity index (χ2n) is 10.6. The van der Waals surface area contributed by atoms with E-state index in [1.807, 2.05) is 12.2 Å². The van der Waals surface area contributed by atoms with Crippen molar-refractivity contribution in [2.45, 2.75) is 91.9 Å². The molecule has 0 saturated heterocycles. The van der Waals surface area contributed by atoms with Crippen LogP contribution in [0, 0.1) is 35.0 Å². The van der Waals surface area contributed by atoms with Gasteiger partial charge in [0, 0.05) is 14.6 Å². The Morgan fingerprint density at radius 3 is 2.59 bits per heavy atom. The van der Waals surface area contributed by atoms with Gasteiger partial charge >= 0.3 is 29.6 Å². The zero-order valence-corrected chi connectivity index (χ0v) is 24.0. The Hall–Kier alpha value is -0.170. The number of fused-ring (bicyclic) bond motifs is 1. The summed E-state index contributed by atoms with van der Waals surface area (Å²) in [6.45, 7) is 5.19. The van der Waals surface area contributed by atoms with Crippen molar-refractivity contribution in [2.75, 3.05) is 0 Å². The number of hydrogen-bond acceptors (Lipinski definition) is 4. The molecular weight excluding hydrogens is 455 g/mol. The van der Waals surface area contributed by atoms with Crippen molar-refractivity contribution in [3.8, 4) is 0 Å². The molecule has 3 saturated carbocycles. The minimum atomic E-state index is -4.75. The molecule has 0 amide bonds. The average molecular weight is 505 g/mol. The molecule has 34 heavy (non-hydrogen) atoms. The maximum atomic E-state index is 11.1. The Morgan fingerprint density at radius 1 is 1.18 bits per heavy atom. The van der Waals surface area contributed by atoms with Crippen LogP contribution in [0.1, 0.15) is 94.1 Å². The first-order valence-electron chi connectivity index (χ1n) is 15.2. The summed E-state index contributed by atoms with van der Waals surface area (Å²) in [4.78, 5) is 0. The zero-order valence-electron chi connectivity index (χ0n) is 27.2. The summed E-state index contributed by atoms with van der Waals surface area (Å²) in [6.07, 6.45) is 14.0. The molecule has 6 heteroatoms. The molecule has 0 N–H and O–H groups in total. The van der Waals surface area contributed by atoms with Crippen molar-refractivity contribution in [3.63, 3.8) is 0 Å². The number of allylic oxidation sites excluding steroid dienone is 6. The SMILES string of the molecule is [2H]C([2H])([2H])C([C@@H](C)/C=C/[C@@H](C)[C@H]1CC[C@H]2/C(=C/C=C3/C[C@@H](OS(=O)(=O)[O-])CCC3=C)CCC[C@]12C)C([2H])([2H])[2H].[Na+]. The van der Waals surface area contributed by atoms with Crippen molar-refractivity contribution < 1.29 is 54.9 Å². The predicted molar refractivity (Wildman–Crippen MR) is 134 cm³/mol. The molecule has 3 rings (SSSR count). The monoisotopic (exact) mass is 504 g/mol. The molecule has 0 aromatic heterocycles. The van der Waals surface area contributed by atoms with Crippen LogP contribution in [-0.4, -0.2) is 19.1 Å². The van der Waals surface area contributed by atoms with E-state index in [9.17, 15) is 13.0 Å². The van der Waals surface area contributed by atoms with E-state index in [0.717, 1.165) is 43.3 Å². The van der Waals surface area contributed by atoms with Crippen molar-refractivity contribution in [1.29, 1.82) is 0 Å². The fourth-order valence-corrected chi connectivity index (χ4v) is 6.87. The molecular formula is C28H43NaO4S. The fourth-order valence-electron chi connectivity index (χ4n) is 6.37. The van der Waals surface area contributed by atoms with E-state index in [2.05, 4.69) is 26.5 Å². The molecule has 186 valence electrons. The van der Waals surface area contributed by atoms with E-state index in [1.165, 1.54) is 5.57 Å². The molecule has 3 aliphatic rings. The van der Waals surface area contributed by atoms with Gasteiger partial charge in [0.2, 0.25) is 10.4 Å². The second kappa shape index (κ2) is 12.4. The fraction of sp³-hybridized carbons (Fsp3) is 0.714. The topological polar surface area (TPSA) is 66.4 Å². The molecule has 0 aromatic carbocycles. The van der Waals surface area contributed by atoms with Gasteiger partial charge in [-0.3, -0.25) is 4.18 Å². The molecule has 3 fully saturated rings. The van der Waals surface area contributed by atoms with Crippen LogP contribution in [0.15, 0.2) is 47.6 Å². The van der Waals surface area contributed by atoms with E-state index in [0.29, 0.717) is 31.1 Å². The van der Waals surface area contributed by atoms with Gasteiger partial charge < -0.3 is 4.55 Å². The molecule has 6 atom stereocenters. The third-order valence-corrected chi connectivity index (χ3v) is 8.85. The normalized spacial score (nSPS) is 37.8. The van der Waals surface area contributed by atoms with Crippen molar-refractivity contribution >= 4 is 10.4 Å². The van der Waals surface area contributed by atoms with Crippen LogP contribution < -0.4 is 29.6 Å². The van der Waals surface area contributed by atoms with Gasteiger partial charge in [0.25, 0.3) is 0 Å². The van der Waals surface area contributed by atoms with Crippen molar-refractivity contribution in [2.24, 2.45) is 35.0 Å². The summed E-state index contributed by atoms with van der Waals surface area (Å²) in [5.41, 5.74) is 3.32. The molecule has 0 spiro atoms. The van der Waals surface area contributed by atoms with E-state index in [-0.39, 0.29) is 40.9 Å².